The summed E-state index contributed by atoms with van der Waals surface area (Å²) in [5, 5.41) is 0.160. The summed E-state index contributed by atoms with van der Waals surface area (Å²) in [7, 11) is 0. The molecule has 0 unspecified atom stereocenters. The van der Waals surface area contributed by atoms with E-state index in [2.05, 4.69) is 9.97 Å². The van der Waals surface area contributed by atoms with Crippen LogP contribution in [0.25, 0.3) is 10.9 Å². The number of benzene rings is 1. The van der Waals surface area contributed by atoms with Gasteiger partial charge in [0.25, 0.3) is 5.56 Å². The zero-order valence-electron chi connectivity index (χ0n) is 8.22. The second-order valence-corrected chi connectivity index (χ2v) is 3.44. The Kier molecular flexibility index (Phi) is 2.22. The zero-order valence-corrected chi connectivity index (χ0v) is 8.22. The van der Waals surface area contributed by atoms with Crippen LogP contribution in [-0.2, 0) is 6.18 Å². The summed E-state index contributed by atoms with van der Waals surface area (Å²) < 4.78 is 37.0. The highest BCUT2D eigenvalue weighted by molar-refractivity contribution is 5.78. The molecule has 0 amide bonds. The molecule has 3 nitrogen and oxygen atoms in total. The lowest BCUT2D eigenvalue weighted by molar-refractivity contribution is -0.144. The van der Waals surface area contributed by atoms with Gasteiger partial charge in [-0.3, -0.25) is 4.79 Å². The van der Waals surface area contributed by atoms with Crippen molar-refractivity contribution in [2.45, 2.75) is 13.1 Å². The van der Waals surface area contributed by atoms with Crippen LogP contribution in [0.4, 0.5) is 13.2 Å². The number of aromatic amines is 1. The first-order chi connectivity index (χ1) is 7.38. The molecule has 0 saturated heterocycles. The maximum atomic E-state index is 12.3. The number of halogens is 3. The zero-order chi connectivity index (χ0) is 11.9. The second kappa shape index (κ2) is 3.33. The molecule has 0 bridgehead atoms. The summed E-state index contributed by atoms with van der Waals surface area (Å²) in [6, 6.07) is 4.56. The molecule has 6 heteroatoms. The SMILES string of the molecule is Cc1ccc2[nH]c(C(F)(F)F)nc(=O)c2c1. The predicted octanol–water partition coefficient (Wildman–Crippen LogP) is 2.25. The number of hydrogen-bond acceptors (Lipinski definition) is 2. The van der Waals surface area contributed by atoms with Crippen LogP contribution in [0.15, 0.2) is 23.0 Å². The fourth-order valence-corrected chi connectivity index (χ4v) is 1.40. The Morgan fingerprint density at radius 2 is 2.00 bits per heavy atom. The largest absolute Gasteiger partial charge is 0.449 e. The van der Waals surface area contributed by atoms with Gasteiger partial charge in [-0.25, -0.2) is 0 Å². The van der Waals surface area contributed by atoms with Gasteiger partial charge in [-0.1, -0.05) is 11.6 Å². The Balaban J connectivity index is 2.79. The quantitative estimate of drug-likeness (QED) is 0.751. The molecule has 0 radical (unpaired) electrons. The number of hydrogen-bond donors (Lipinski definition) is 1. The van der Waals surface area contributed by atoms with Gasteiger partial charge in [0.2, 0.25) is 5.82 Å². The van der Waals surface area contributed by atoms with Crippen LogP contribution in [0.2, 0.25) is 0 Å². The number of nitrogens with one attached hydrogen (secondary N) is 1. The third kappa shape index (κ3) is 1.78. The van der Waals surface area contributed by atoms with Gasteiger partial charge >= 0.3 is 6.18 Å². The van der Waals surface area contributed by atoms with Crippen molar-refractivity contribution in [2.24, 2.45) is 0 Å². The molecule has 1 N–H and O–H groups in total. The summed E-state index contributed by atoms with van der Waals surface area (Å²) in [6.07, 6.45) is -4.64. The average Bonchev–Trinajstić information content (AvgIpc) is 2.17. The van der Waals surface area contributed by atoms with Crippen LogP contribution in [-0.4, -0.2) is 9.97 Å². The van der Waals surface area contributed by atoms with Crippen LogP contribution < -0.4 is 5.56 Å². The summed E-state index contributed by atoms with van der Waals surface area (Å²) in [4.78, 5) is 16.4. The van der Waals surface area contributed by atoms with E-state index in [4.69, 9.17) is 0 Å². The average molecular weight is 228 g/mol. The second-order valence-electron chi connectivity index (χ2n) is 3.44. The van der Waals surface area contributed by atoms with Crippen molar-refractivity contribution in [3.8, 4) is 0 Å². The van der Waals surface area contributed by atoms with E-state index in [-0.39, 0.29) is 10.9 Å². The first kappa shape index (κ1) is 10.7. The van der Waals surface area contributed by atoms with Gasteiger partial charge in [0, 0.05) is 0 Å². The van der Waals surface area contributed by atoms with Gasteiger partial charge in [-0.2, -0.15) is 18.2 Å². The molecule has 0 aliphatic carbocycles. The lowest BCUT2D eigenvalue weighted by atomic mass is 10.2. The van der Waals surface area contributed by atoms with Gasteiger partial charge in [0.1, 0.15) is 0 Å². The van der Waals surface area contributed by atoms with E-state index in [1.54, 1.807) is 13.0 Å². The summed E-state index contributed by atoms with van der Waals surface area (Å²) in [5.41, 5.74) is 0.0576. The minimum absolute atomic E-state index is 0.137. The molecule has 1 aromatic carbocycles. The fraction of sp³-hybridized carbons (Fsp3) is 0.200. The van der Waals surface area contributed by atoms with Crippen LogP contribution in [0.3, 0.4) is 0 Å². The maximum Gasteiger partial charge on any atom is 0.449 e. The Hall–Kier alpha value is -1.85. The molecule has 2 aromatic rings. The molecule has 0 aliphatic heterocycles. The summed E-state index contributed by atoms with van der Waals surface area (Å²) >= 11 is 0. The molecule has 2 rings (SSSR count). The smallest absolute Gasteiger partial charge is 0.335 e. The van der Waals surface area contributed by atoms with Crippen molar-refractivity contribution in [3.63, 3.8) is 0 Å². The van der Waals surface area contributed by atoms with Gasteiger partial charge in [-0.05, 0) is 19.1 Å². The molecule has 0 saturated carbocycles. The Morgan fingerprint density at radius 3 is 2.62 bits per heavy atom. The first-order valence-corrected chi connectivity index (χ1v) is 4.46. The summed E-state index contributed by atoms with van der Waals surface area (Å²) in [5.74, 6) is -1.27. The van der Waals surface area contributed by atoms with E-state index in [9.17, 15) is 18.0 Å². The minimum Gasteiger partial charge on any atom is -0.335 e. The number of nitrogens with zero attached hydrogens (tertiary/aromatic N) is 1. The molecular formula is C10H7F3N2O. The van der Waals surface area contributed by atoms with Crippen LogP contribution in [0.1, 0.15) is 11.4 Å². The Bertz CT molecular complexity index is 601. The van der Waals surface area contributed by atoms with Crippen molar-refractivity contribution in [3.05, 3.63) is 39.9 Å². The molecule has 1 aromatic heterocycles. The minimum atomic E-state index is -4.64. The third-order valence-corrected chi connectivity index (χ3v) is 2.14. The van der Waals surface area contributed by atoms with Gasteiger partial charge in [-0.15, -0.1) is 0 Å². The van der Waals surface area contributed by atoms with E-state index in [1.165, 1.54) is 12.1 Å². The number of alkyl halides is 3. The molecule has 0 atom stereocenters. The number of fused-ring (bicyclic) bond motifs is 1. The normalized spacial score (nSPS) is 12.0. The van der Waals surface area contributed by atoms with Gasteiger partial charge < -0.3 is 4.98 Å². The highest BCUT2D eigenvalue weighted by Crippen LogP contribution is 2.26. The van der Waals surface area contributed by atoms with Crippen molar-refractivity contribution in [1.82, 2.24) is 9.97 Å². The molecule has 0 aliphatic rings. The maximum absolute atomic E-state index is 12.3. The van der Waals surface area contributed by atoms with E-state index < -0.39 is 17.6 Å². The summed E-state index contributed by atoms with van der Waals surface area (Å²) in [6.45, 7) is 1.75. The van der Waals surface area contributed by atoms with Crippen molar-refractivity contribution >= 4 is 10.9 Å². The van der Waals surface area contributed by atoms with Crippen LogP contribution >= 0.6 is 0 Å². The van der Waals surface area contributed by atoms with Crippen molar-refractivity contribution in [1.29, 1.82) is 0 Å². The fourth-order valence-electron chi connectivity index (χ4n) is 1.40. The number of rotatable bonds is 0. The molecule has 16 heavy (non-hydrogen) atoms. The number of H-pyrrole nitrogens is 1. The number of aryl methyl sites for hydroxylation is 1. The molecular weight excluding hydrogens is 221 g/mol. The Morgan fingerprint density at radius 1 is 1.31 bits per heavy atom. The van der Waals surface area contributed by atoms with E-state index in [1.807, 2.05) is 0 Å². The van der Waals surface area contributed by atoms with Crippen molar-refractivity contribution < 1.29 is 13.2 Å². The van der Waals surface area contributed by atoms with Gasteiger partial charge in [0.15, 0.2) is 0 Å². The van der Waals surface area contributed by atoms with E-state index in [0.29, 0.717) is 0 Å². The van der Waals surface area contributed by atoms with Crippen LogP contribution in [0.5, 0.6) is 0 Å². The van der Waals surface area contributed by atoms with E-state index in [0.717, 1.165) is 5.56 Å². The third-order valence-electron chi connectivity index (χ3n) is 2.14. The molecule has 0 fully saturated rings. The molecule has 0 spiro atoms. The topological polar surface area (TPSA) is 45.8 Å². The molecule has 84 valence electrons. The van der Waals surface area contributed by atoms with Crippen LogP contribution in [0, 0.1) is 6.92 Å². The number of aromatic nitrogens is 2. The monoisotopic (exact) mass is 228 g/mol. The lowest BCUT2D eigenvalue weighted by Gasteiger charge is -2.06. The first-order valence-electron chi connectivity index (χ1n) is 4.46. The highest BCUT2D eigenvalue weighted by Gasteiger charge is 2.34. The standard InChI is InChI=1S/C10H7F3N2O/c1-5-2-3-7-6(4-5)8(16)15-9(14-7)10(11,12)13/h2-4H,1H3,(H,14,15,16). The van der Waals surface area contributed by atoms with Gasteiger partial charge in [0.05, 0.1) is 10.9 Å². The van der Waals surface area contributed by atoms with Crippen molar-refractivity contribution in [2.75, 3.05) is 0 Å². The van der Waals surface area contributed by atoms with E-state index >= 15 is 0 Å². The predicted molar refractivity (Wildman–Crippen MR) is 52.1 cm³/mol. The highest BCUT2D eigenvalue weighted by atomic mass is 19.4. The Labute approximate surface area is 87.9 Å². The lowest BCUT2D eigenvalue weighted by Crippen LogP contribution is -2.19. The molecule has 1 heterocycles.